The van der Waals surface area contributed by atoms with Gasteiger partial charge in [0.25, 0.3) is 5.91 Å². The molecule has 0 atom stereocenters. The Hall–Kier alpha value is -2.25. The number of sulfonamides is 1. The van der Waals surface area contributed by atoms with Crippen molar-refractivity contribution in [2.24, 2.45) is 5.92 Å². The van der Waals surface area contributed by atoms with Crippen molar-refractivity contribution < 1.29 is 17.6 Å². The summed E-state index contributed by atoms with van der Waals surface area (Å²) in [5.41, 5.74) is 0.622. The Morgan fingerprint density at radius 1 is 1.07 bits per heavy atom. The summed E-state index contributed by atoms with van der Waals surface area (Å²) in [5.74, 6) is -0.213. The number of nitrogens with one attached hydrogen (secondary N) is 2. The number of rotatable bonds is 7. The average Bonchev–Trinajstić information content (AvgIpc) is 3.44. The summed E-state index contributed by atoms with van der Waals surface area (Å²) in [6.07, 6.45) is 5.58. The topological polar surface area (TPSA) is 75.3 Å². The van der Waals surface area contributed by atoms with Gasteiger partial charge in [-0.3, -0.25) is 4.79 Å². The number of carbonyl (C=O) groups is 1. The first-order chi connectivity index (χ1) is 13.9. The molecule has 7 heteroatoms. The molecule has 2 fully saturated rings. The molecule has 1 amide bonds. The van der Waals surface area contributed by atoms with E-state index < -0.39 is 15.6 Å². The summed E-state index contributed by atoms with van der Waals surface area (Å²) in [6, 6.07) is 12.3. The third-order valence-electron chi connectivity index (χ3n) is 5.87. The lowest BCUT2D eigenvalue weighted by Crippen LogP contribution is -2.43. The van der Waals surface area contributed by atoms with Gasteiger partial charge in [0.15, 0.2) is 0 Å². The summed E-state index contributed by atoms with van der Waals surface area (Å²) in [7, 11) is -3.64. The van der Waals surface area contributed by atoms with Gasteiger partial charge in [-0.1, -0.05) is 31.0 Å². The number of hydrogen-bond acceptors (Lipinski definition) is 3. The van der Waals surface area contributed by atoms with E-state index in [0.29, 0.717) is 18.0 Å². The molecular formula is C22H25FN2O3S. The molecule has 2 aliphatic carbocycles. The molecule has 2 aliphatic rings. The molecule has 0 aromatic heterocycles. The molecule has 0 saturated heterocycles. The van der Waals surface area contributed by atoms with Gasteiger partial charge in [0, 0.05) is 12.1 Å². The van der Waals surface area contributed by atoms with Gasteiger partial charge in [0.2, 0.25) is 10.0 Å². The van der Waals surface area contributed by atoms with Crippen LogP contribution < -0.4 is 10.0 Å². The van der Waals surface area contributed by atoms with Gasteiger partial charge in [0.1, 0.15) is 5.82 Å². The predicted molar refractivity (Wildman–Crippen MR) is 108 cm³/mol. The van der Waals surface area contributed by atoms with E-state index in [9.17, 15) is 17.6 Å². The lowest BCUT2D eigenvalue weighted by atomic mass is 9.87. The fourth-order valence-corrected chi connectivity index (χ4v) is 5.12. The Bertz CT molecular complexity index is 995. The van der Waals surface area contributed by atoms with E-state index in [4.69, 9.17) is 0 Å². The molecule has 2 aromatic rings. The van der Waals surface area contributed by atoms with Crippen molar-refractivity contribution in [3.05, 3.63) is 65.5 Å². The van der Waals surface area contributed by atoms with Gasteiger partial charge >= 0.3 is 0 Å². The average molecular weight is 417 g/mol. The van der Waals surface area contributed by atoms with Gasteiger partial charge in [-0.05, 0) is 67.5 Å². The Kier molecular flexibility index (Phi) is 5.44. The molecular weight excluding hydrogens is 391 g/mol. The minimum Gasteiger partial charge on any atom is -0.343 e. The van der Waals surface area contributed by atoms with Crippen LogP contribution in [0.5, 0.6) is 0 Å². The van der Waals surface area contributed by atoms with Gasteiger partial charge in [-0.15, -0.1) is 0 Å². The minimum atomic E-state index is -3.64. The molecule has 0 aliphatic heterocycles. The Morgan fingerprint density at radius 2 is 1.76 bits per heavy atom. The largest absolute Gasteiger partial charge is 0.343 e. The number of halogens is 1. The first kappa shape index (κ1) is 20.0. The van der Waals surface area contributed by atoms with Crippen LogP contribution in [0.1, 0.15) is 54.4 Å². The molecule has 0 bridgehead atoms. The number of benzene rings is 2. The van der Waals surface area contributed by atoms with Crippen molar-refractivity contribution in [1.29, 1.82) is 0 Å². The normalized spacial score (nSPS) is 18.5. The molecule has 0 radical (unpaired) electrons. The van der Waals surface area contributed by atoms with Crippen molar-refractivity contribution in [2.45, 2.75) is 49.0 Å². The maximum absolute atomic E-state index is 13.3. The monoisotopic (exact) mass is 416 g/mol. The van der Waals surface area contributed by atoms with Crippen molar-refractivity contribution in [2.75, 3.05) is 6.54 Å². The third kappa shape index (κ3) is 4.51. The molecule has 0 unspecified atom stereocenters. The Morgan fingerprint density at radius 3 is 2.41 bits per heavy atom. The van der Waals surface area contributed by atoms with Crippen LogP contribution >= 0.6 is 0 Å². The fourth-order valence-electron chi connectivity index (χ4n) is 3.96. The summed E-state index contributed by atoms with van der Waals surface area (Å²) in [6.45, 7) is 0.437. The van der Waals surface area contributed by atoms with Crippen molar-refractivity contribution in [1.82, 2.24) is 10.0 Å². The van der Waals surface area contributed by atoms with E-state index in [0.717, 1.165) is 44.1 Å². The van der Waals surface area contributed by atoms with Crippen LogP contribution in [0, 0.1) is 11.7 Å². The standard InChI is InChI=1S/C22H25FN2O3S/c23-19-10-8-18(9-11-19)22(12-1-2-13-22)25-21(26)17-4-3-5-20(14-17)29(27,28)24-15-16-6-7-16/h3-5,8-11,14,16,24H,1-2,6-7,12-13,15H2,(H,25,26). The molecule has 29 heavy (non-hydrogen) atoms. The minimum absolute atomic E-state index is 0.0908. The summed E-state index contributed by atoms with van der Waals surface area (Å²) in [5, 5.41) is 3.11. The van der Waals surface area contributed by atoms with Crippen LogP contribution in [0.15, 0.2) is 53.4 Å². The van der Waals surface area contributed by atoms with Crippen molar-refractivity contribution in [3.63, 3.8) is 0 Å². The van der Waals surface area contributed by atoms with Gasteiger partial charge < -0.3 is 5.32 Å². The van der Waals surface area contributed by atoms with Crippen LogP contribution in [0.3, 0.4) is 0 Å². The number of carbonyl (C=O) groups excluding carboxylic acids is 1. The lowest BCUT2D eigenvalue weighted by Gasteiger charge is -2.31. The van der Waals surface area contributed by atoms with E-state index >= 15 is 0 Å². The SMILES string of the molecule is O=C(NC1(c2ccc(F)cc2)CCCC1)c1cccc(S(=O)(=O)NCC2CC2)c1. The quantitative estimate of drug-likeness (QED) is 0.722. The fraction of sp³-hybridized carbons (Fsp3) is 0.409. The van der Waals surface area contributed by atoms with E-state index in [1.54, 1.807) is 24.3 Å². The maximum atomic E-state index is 13.3. The predicted octanol–water partition coefficient (Wildman–Crippen LogP) is 3.71. The molecule has 2 N–H and O–H groups in total. The third-order valence-corrected chi connectivity index (χ3v) is 7.29. The van der Waals surface area contributed by atoms with E-state index in [2.05, 4.69) is 10.0 Å². The summed E-state index contributed by atoms with van der Waals surface area (Å²) in [4.78, 5) is 13.1. The molecule has 0 heterocycles. The number of amides is 1. The number of hydrogen-bond donors (Lipinski definition) is 2. The summed E-state index contributed by atoms with van der Waals surface area (Å²) < 4.78 is 41.0. The van der Waals surface area contributed by atoms with E-state index in [1.165, 1.54) is 24.3 Å². The highest BCUT2D eigenvalue weighted by atomic mass is 32.2. The summed E-state index contributed by atoms with van der Waals surface area (Å²) >= 11 is 0. The molecule has 2 aromatic carbocycles. The Balaban J connectivity index is 1.55. The smallest absolute Gasteiger partial charge is 0.252 e. The highest BCUT2D eigenvalue weighted by Gasteiger charge is 2.37. The Labute approximate surface area is 170 Å². The van der Waals surface area contributed by atoms with Crippen LogP contribution in [-0.4, -0.2) is 20.9 Å². The first-order valence-corrected chi connectivity index (χ1v) is 11.5. The van der Waals surface area contributed by atoms with Gasteiger partial charge in [-0.2, -0.15) is 0 Å². The molecule has 4 rings (SSSR count). The zero-order valence-electron chi connectivity index (χ0n) is 16.2. The zero-order valence-corrected chi connectivity index (χ0v) is 17.0. The first-order valence-electron chi connectivity index (χ1n) is 10.1. The van der Waals surface area contributed by atoms with Gasteiger partial charge in [0.05, 0.1) is 10.4 Å². The maximum Gasteiger partial charge on any atom is 0.252 e. The van der Waals surface area contributed by atoms with Gasteiger partial charge in [-0.25, -0.2) is 17.5 Å². The highest BCUT2D eigenvalue weighted by Crippen LogP contribution is 2.39. The van der Waals surface area contributed by atoms with Crippen LogP contribution in [-0.2, 0) is 15.6 Å². The molecule has 2 saturated carbocycles. The van der Waals surface area contributed by atoms with Crippen molar-refractivity contribution in [3.8, 4) is 0 Å². The van der Waals surface area contributed by atoms with Crippen LogP contribution in [0.2, 0.25) is 0 Å². The second-order valence-corrected chi connectivity index (χ2v) is 9.84. The van der Waals surface area contributed by atoms with Crippen molar-refractivity contribution >= 4 is 15.9 Å². The molecule has 154 valence electrons. The zero-order chi connectivity index (χ0) is 20.5. The molecule has 5 nitrogen and oxygen atoms in total. The second-order valence-electron chi connectivity index (χ2n) is 8.07. The van der Waals surface area contributed by atoms with E-state index in [-0.39, 0.29) is 16.6 Å². The van der Waals surface area contributed by atoms with E-state index in [1.807, 2.05) is 0 Å². The second kappa shape index (κ2) is 7.88. The highest BCUT2D eigenvalue weighted by molar-refractivity contribution is 7.89. The van der Waals surface area contributed by atoms with Crippen LogP contribution in [0.4, 0.5) is 4.39 Å². The molecule has 0 spiro atoms. The lowest BCUT2D eigenvalue weighted by molar-refractivity contribution is 0.0898. The van der Waals surface area contributed by atoms with Crippen LogP contribution in [0.25, 0.3) is 0 Å².